The van der Waals surface area contributed by atoms with Crippen LogP contribution in [0.4, 0.5) is 10.1 Å². The topological polar surface area (TPSA) is 209 Å². The molecule has 2 aromatic heterocycles. The number of carbonyl (C=O) groups is 6. The van der Waals surface area contributed by atoms with Gasteiger partial charge in [-0.05, 0) is 93.0 Å². The van der Waals surface area contributed by atoms with Gasteiger partial charge in [0.15, 0.2) is 0 Å². The minimum Gasteiger partial charge on any atom is -0.391 e. The summed E-state index contributed by atoms with van der Waals surface area (Å²) in [7, 11) is 0. The summed E-state index contributed by atoms with van der Waals surface area (Å²) in [6.07, 6.45) is 4.03. The Morgan fingerprint density at radius 1 is 0.957 bits per heavy atom. The molecular weight excluding hydrogens is 914 g/mol. The van der Waals surface area contributed by atoms with E-state index in [1.807, 2.05) is 69.3 Å². The van der Waals surface area contributed by atoms with E-state index in [9.17, 15) is 38.3 Å². The van der Waals surface area contributed by atoms with Crippen molar-refractivity contribution in [2.24, 2.45) is 5.41 Å². The minimum atomic E-state index is -0.915. The number of carbonyl (C=O) groups excluding carboxylic acids is 6. The van der Waals surface area contributed by atoms with Crippen LogP contribution in [0.1, 0.15) is 110 Å². The molecule has 0 radical (unpaired) electrons. The number of likely N-dealkylation sites (tertiary alicyclic amines) is 1. The number of aryl methyl sites for hydroxylation is 2. The number of hydrogen-bond acceptors (Lipinski definition) is 10. The molecule has 6 N–H and O–H groups in total. The number of thiazole rings is 1. The number of unbranched alkanes of at least 4 members (excludes halogenated alkanes) is 2. The van der Waals surface area contributed by atoms with E-state index in [-0.39, 0.29) is 55.5 Å². The van der Waals surface area contributed by atoms with Crippen molar-refractivity contribution < 1.29 is 38.3 Å². The van der Waals surface area contributed by atoms with E-state index in [1.165, 1.54) is 23.1 Å². The molecule has 18 heteroatoms. The number of H-pyrrole nitrogens is 1. The third kappa shape index (κ3) is 12.6. The van der Waals surface area contributed by atoms with E-state index in [2.05, 4.69) is 36.1 Å². The van der Waals surface area contributed by atoms with Crippen molar-refractivity contribution in [2.75, 3.05) is 51.1 Å². The molecule has 0 unspecified atom stereocenters. The van der Waals surface area contributed by atoms with Crippen LogP contribution in [0.3, 0.4) is 0 Å². The van der Waals surface area contributed by atoms with Crippen molar-refractivity contribution in [3.63, 3.8) is 0 Å². The lowest BCUT2D eigenvalue weighted by molar-refractivity contribution is -0.144. The van der Waals surface area contributed by atoms with Gasteiger partial charge < -0.3 is 41.2 Å². The van der Waals surface area contributed by atoms with Gasteiger partial charge in [0, 0.05) is 87.7 Å². The van der Waals surface area contributed by atoms with Crippen LogP contribution in [-0.2, 0) is 30.5 Å². The van der Waals surface area contributed by atoms with Crippen LogP contribution in [0, 0.1) is 32.0 Å². The minimum absolute atomic E-state index is 0.00511. The molecule has 16 nitrogen and oxygen atoms in total. The molecule has 0 bridgehead atoms. The molecule has 0 saturated carbocycles. The van der Waals surface area contributed by atoms with Crippen LogP contribution in [0.5, 0.6) is 0 Å². The molecule has 2 saturated heterocycles. The lowest BCUT2D eigenvalue weighted by Crippen LogP contribution is -2.57. The zero-order valence-electron chi connectivity index (χ0n) is 41.0. The largest absolute Gasteiger partial charge is 0.391 e. The van der Waals surface area contributed by atoms with Gasteiger partial charge >= 0.3 is 0 Å². The summed E-state index contributed by atoms with van der Waals surface area (Å²) in [5, 5.41) is 22.2. The number of hydrogen-bond donors (Lipinski definition) is 6. The summed E-state index contributed by atoms with van der Waals surface area (Å²) >= 11 is 1.57. The van der Waals surface area contributed by atoms with E-state index < -0.39 is 35.3 Å². The highest BCUT2D eigenvalue weighted by Crippen LogP contribution is 2.35. The average molecular weight is 980 g/mol. The van der Waals surface area contributed by atoms with Gasteiger partial charge in [0.2, 0.25) is 23.6 Å². The number of anilines is 1. The molecule has 3 aliphatic heterocycles. The monoisotopic (exact) mass is 979 g/mol. The van der Waals surface area contributed by atoms with Crippen molar-refractivity contribution in [1.29, 1.82) is 0 Å². The van der Waals surface area contributed by atoms with Crippen LogP contribution in [0.2, 0.25) is 0 Å². The molecule has 374 valence electrons. The molecule has 3 aliphatic rings. The number of aliphatic hydroxyl groups excluding tert-OH is 1. The van der Waals surface area contributed by atoms with Gasteiger partial charge in [0.05, 0.1) is 33.3 Å². The highest BCUT2D eigenvalue weighted by Gasteiger charge is 2.44. The SMILES string of the molecule is Cc1ncsc1-c1ccc(CNC(=O)[C@@H]2C[C@@H](O)CN2C(=O)[C@@H](NC(=O)CCCCCC(=O)N2CCN(CCCNC(=O)c3c(C)[nH]c(/C=C4\C(=O)Nc5ccc(F)cc54)c3C)CC2)C(C)(C)C)cc1. The Labute approximate surface area is 412 Å². The quantitative estimate of drug-likeness (QED) is 0.0532. The summed E-state index contributed by atoms with van der Waals surface area (Å²) in [5.74, 6) is -1.97. The number of nitrogens with one attached hydrogen (secondary N) is 5. The number of nitrogens with zero attached hydrogens (tertiary/aromatic N) is 4. The van der Waals surface area contributed by atoms with Gasteiger partial charge in [-0.25, -0.2) is 9.37 Å². The Kier molecular flexibility index (Phi) is 16.7. The number of piperazine rings is 1. The Hall–Kier alpha value is -6.24. The average Bonchev–Trinajstić information content (AvgIpc) is 4.09. The number of rotatable bonds is 18. The number of aromatic nitrogens is 2. The molecule has 5 heterocycles. The molecule has 3 atom stereocenters. The van der Waals surface area contributed by atoms with Gasteiger partial charge in [-0.2, -0.15) is 0 Å². The van der Waals surface area contributed by atoms with Gasteiger partial charge in [0.1, 0.15) is 17.9 Å². The number of benzene rings is 2. The smallest absolute Gasteiger partial charge is 0.256 e. The van der Waals surface area contributed by atoms with Gasteiger partial charge in [-0.1, -0.05) is 51.5 Å². The molecule has 2 aromatic carbocycles. The fraction of sp³-hybridized carbons (Fsp3) is 0.481. The first kappa shape index (κ1) is 51.6. The summed E-state index contributed by atoms with van der Waals surface area (Å²) < 4.78 is 14.0. The maximum absolute atomic E-state index is 14.0. The molecule has 2 fully saturated rings. The van der Waals surface area contributed by atoms with Crippen molar-refractivity contribution in [1.82, 2.24) is 40.6 Å². The second kappa shape index (κ2) is 22.7. The standard InChI is InChI=1S/C52H66FN9O7S/c1-31-41(27-39-38-25-36(53)17-18-40(38)58-48(39)66)57-32(2)45(31)50(68)54-19-10-20-60-21-23-61(24-22-60)44(65)12-9-7-8-11-43(64)59-47(52(4,5)6)51(69)62-29-37(63)26-42(62)49(67)55-28-34-13-15-35(16-14-34)46-33(3)56-30-70-46/h13-18,25,27,30,37,42,47,57,63H,7-12,19-24,26,28-29H2,1-6H3,(H,54,68)(H,55,67)(H,58,66)(H,59,64)/b39-27-/t37-,42+,47-/m1/s1. The van der Waals surface area contributed by atoms with Crippen molar-refractivity contribution in [3.8, 4) is 10.4 Å². The highest BCUT2D eigenvalue weighted by molar-refractivity contribution is 7.13. The predicted molar refractivity (Wildman–Crippen MR) is 268 cm³/mol. The van der Waals surface area contributed by atoms with Gasteiger partial charge in [-0.15, -0.1) is 11.3 Å². The van der Waals surface area contributed by atoms with Crippen LogP contribution in [-0.4, -0.2) is 129 Å². The maximum Gasteiger partial charge on any atom is 0.256 e. The number of halogens is 1. The third-order valence-corrected chi connectivity index (χ3v) is 14.4. The first-order chi connectivity index (χ1) is 33.4. The summed E-state index contributed by atoms with van der Waals surface area (Å²) in [5.41, 5.74) is 7.86. The van der Waals surface area contributed by atoms with E-state index in [4.69, 9.17) is 0 Å². The Morgan fingerprint density at radius 2 is 1.69 bits per heavy atom. The first-order valence-electron chi connectivity index (χ1n) is 24.2. The number of aromatic amines is 1. The van der Waals surface area contributed by atoms with Crippen molar-refractivity contribution in [3.05, 3.63) is 93.1 Å². The number of aliphatic hydroxyl groups is 1. The molecule has 7 rings (SSSR count). The highest BCUT2D eigenvalue weighted by atomic mass is 32.1. The van der Waals surface area contributed by atoms with Crippen LogP contribution < -0.4 is 21.3 Å². The van der Waals surface area contributed by atoms with Crippen LogP contribution in [0.25, 0.3) is 22.1 Å². The summed E-state index contributed by atoms with van der Waals surface area (Å²) in [6, 6.07) is 10.2. The Morgan fingerprint density at radius 3 is 2.39 bits per heavy atom. The van der Waals surface area contributed by atoms with E-state index in [0.29, 0.717) is 84.7 Å². The maximum atomic E-state index is 14.0. The first-order valence-corrected chi connectivity index (χ1v) is 25.1. The normalized spacial score (nSPS) is 18.2. The lowest BCUT2D eigenvalue weighted by atomic mass is 9.85. The van der Waals surface area contributed by atoms with Gasteiger partial charge in [-0.3, -0.25) is 33.7 Å². The lowest BCUT2D eigenvalue weighted by Gasteiger charge is -2.35. The number of fused-ring (bicyclic) bond motifs is 1. The Bertz CT molecular complexity index is 2610. The van der Waals surface area contributed by atoms with Crippen LogP contribution in [0.15, 0.2) is 48.0 Å². The van der Waals surface area contributed by atoms with Crippen molar-refractivity contribution >= 4 is 64.1 Å². The fourth-order valence-corrected chi connectivity index (χ4v) is 10.2. The molecule has 6 amide bonds. The Balaban J connectivity index is 0.779. The third-order valence-electron chi connectivity index (χ3n) is 13.4. The molecule has 0 spiro atoms. The molecular formula is C52H66FN9O7S. The number of amides is 6. The van der Waals surface area contributed by atoms with E-state index >= 15 is 0 Å². The number of β-amino-alcohol motifs (C(OH)–C–C–N with tert-alkyl or cyclic N) is 1. The fourth-order valence-electron chi connectivity index (χ4n) is 9.43. The second-order valence-corrected chi connectivity index (χ2v) is 20.6. The molecule has 0 aliphatic carbocycles. The summed E-state index contributed by atoms with van der Waals surface area (Å²) in [6.45, 7) is 15.3. The summed E-state index contributed by atoms with van der Waals surface area (Å²) in [4.78, 5) is 93.9. The van der Waals surface area contributed by atoms with Gasteiger partial charge in [0.25, 0.3) is 11.8 Å². The zero-order valence-corrected chi connectivity index (χ0v) is 41.8. The van der Waals surface area contributed by atoms with Crippen molar-refractivity contribution in [2.45, 2.75) is 111 Å². The molecule has 4 aromatic rings. The predicted octanol–water partition coefficient (Wildman–Crippen LogP) is 5.72. The zero-order chi connectivity index (χ0) is 50.3. The van der Waals surface area contributed by atoms with Crippen LogP contribution >= 0.6 is 11.3 Å². The molecule has 70 heavy (non-hydrogen) atoms. The van der Waals surface area contributed by atoms with E-state index in [0.717, 1.165) is 47.8 Å². The van der Waals surface area contributed by atoms with E-state index in [1.54, 1.807) is 24.3 Å². The second-order valence-electron chi connectivity index (χ2n) is 19.7.